The second-order valence-corrected chi connectivity index (χ2v) is 5.36. The molecule has 1 aliphatic carbocycles. The van der Waals surface area contributed by atoms with E-state index in [4.69, 9.17) is 0 Å². The molecule has 0 aromatic heterocycles. The van der Waals surface area contributed by atoms with Crippen molar-refractivity contribution in [2.45, 2.75) is 26.7 Å². The Labute approximate surface area is 108 Å². The zero-order chi connectivity index (χ0) is 12.7. The highest BCUT2D eigenvalue weighted by atomic mass is 16.1. The number of carbonyl (C=O) groups excluding carboxylic acids is 1. The third kappa shape index (κ3) is 1.74. The molecule has 92 valence electrons. The van der Waals surface area contributed by atoms with Crippen molar-refractivity contribution >= 4 is 16.6 Å². The number of Topliss-reactive ketones (excluding diaryl/α,β-unsaturated/α-hetero) is 1. The molecular formula is C17H18O. The summed E-state index contributed by atoms with van der Waals surface area (Å²) in [7, 11) is 0. The first-order valence-electron chi connectivity index (χ1n) is 6.77. The summed E-state index contributed by atoms with van der Waals surface area (Å²) in [5.74, 6) is 1.18. The van der Waals surface area contributed by atoms with Gasteiger partial charge in [-0.05, 0) is 35.1 Å². The second kappa shape index (κ2) is 4.24. The molecule has 1 aliphatic rings. The molecule has 0 bridgehead atoms. The molecular weight excluding hydrogens is 220 g/mol. The number of hydrogen-bond donors (Lipinski definition) is 0. The summed E-state index contributed by atoms with van der Waals surface area (Å²) in [6, 6.07) is 12.4. The van der Waals surface area contributed by atoms with Crippen LogP contribution < -0.4 is 0 Å². The lowest BCUT2D eigenvalue weighted by atomic mass is 9.94. The van der Waals surface area contributed by atoms with Crippen LogP contribution in [0.2, 0.25) is 0 Å². The van der Waals surface area contributed by atoms with Gasteiger partial charge in [0, 0.05) is 11.5 Å². The Morgan fingerprint density at radius 1 is 1.22 bits per heavy atom. The number of fused-ring (bicyclic) bond motifs is 1. The van der Waals surface area contributed by atoms with Gasteiger partial charge in [0.2, 0.25) is 0 Å². The predicted octanol–water partition coefficient (Wildman–Crippen LogP) is 4.24. The van der Waals surface area contributed by atoms with Crippen molar-refractivity contribution < 1.29 is 4.79 Å². The molecule has 2 unspecified atom stereocenters. The highest BCUT2D eigenvalue weighted by molar-refractivity contribution is 6.11. The molecule has 0 spiro atoms. The molecule has 1 nitrogen and oxygen atoms in total. The van der Waals surface area contributed by atoms with E-state index < -0.39 is 0 Å². The van der Waals surface area contributed by atoms with E-state index in [1.54, 1.807) is 0 Å². The summed E-state index contributed by atoms with van der Waals surface area (Å²) < 4.78 is 0. The Balaban J connectivity index is 2.19. The lowest BCUT2D eigenvalue weighted by Crippen LogP contribution is -2.04. The monoisotopic (exact) mass is 238 g/mol. The van der Waals surface area contributed by atoms with Gasteiger partial charge in [-0.1, -0.05) is 50.2 Å². The number of aryl methyl sites for hydroxylation is 1. The lowest BCUT2D eigenvalue weighted by Gasteiger charge is -2.09. The Morgan fingerprint density at radius 3 is 2.50 bits per heavy atom. The summed E-state index contributed by atoms with van der Waals surface area (Å²) in [6.45, 7) is 4.31. The summed E-state index contributed by atoms with van der Waals surface area (Å²) in [5.41, 5.74) is 2.21. The Bertz CT molecular complexity index is 607. The van der Waals surface area contributed by atoms with Crippen molar-refractivity contribution in [1.82, 2.24) is 0 Å². The van der Waals surface area contributed by atoms with E-state index in [9.17, 15) is 4.79 Å². The van der Waals surface area contributed by atoms with Crippen LogP contribution in [0, 0.1) is 11.8 Å². The summed E-state index contributed by atoms with van der Waals surface area (Å²) in [4.78, 5) is 12.5. The van der Waals surface area contributed by atoms with Gasteiger partial charge < -0.3 is 0 Å². The molecule has 2 atom stereocenters. The lowest BCUT2D eigenvalue weighted by molar-refractivity contribution is 0.0964. The summed E-state index contributed by atoms with van der Waals surface area (Å²) >= 11 is 0. The molecule has 0 amide bonds. The van der Waals surface area contributed by atoms with E-state index in [2.05, 4.69) is 38.1 Å². The largest absolute Gasteiger partial charge is 0.294 e. The van der Waals surface area contributed by atoms with Crippen LogP contribution in [0.4, 0.5) is 0 Å². The van der Waals surface area contributed by atoms with Gasteiger partial charge in [-0.2, -0.15) is 0 Å². The van der Waals surface area contributed by atoms with Crippen molar-refractivity contribution in [3.63, 3.8) is 0 Å². The zero-order valence-electron chi connectivity index (χ0n) is 10.9. The SMILES string of the molecule is CCc1cccc2cccc(C(=O)C3CC3C)c12. The van der Waals surface area contributed by atoms with Crippen LogP contribution in [0.3, 0.4) is 0 Å². The first-order chi connectivity index (χ1) is 8.72. The summed E-state index contributed by atoms with van der Waals surface area (Å²) in [6.07, 6.45) is 2.03. The van der Waals surface area contributed by atoms with Crippen LogP contribution in [0.25, 0.3) is 10.8 Å². The van der Waals surface area contributed by atoms with Crippen LogP contribution in [-0.2, 0) is 6.42 Å². The van der Waals surface area contributed by atoms with Gasteiger partial charge in [-0.15, -0.1) is 0 Å². The average molecular weight is 238 g/mol. The molecule has 0 saturated heterocycles. The first kappa shape index (κ1) is 11.5. The third-order valence-corrected chi connectivity index (χ3v) is 4.08. The normalized spacial score (nSPS) is 22.1. The standard InChI is InChI=1S/C17H18O/c1-3-12-6-4-7-13-8-5-9-14(16(12)13)17(18)15-10-11(15)2/h4-9,11,15H,3,10H2,1-2H3. The molecule has 0 aliphatic heterocycles. The minimum atomic E-state index is 0.264. The molecule has 0 heterocycles. The molecule has 1 saturated carbocycles. The van der Waals surface area contributed by atoms with Crippen molar-refractivity contribution in [3.8, 4) is 0 Å². The number of benzene rings is 2. The Hall–Kier alpha value is -1.63. The van der Waals surface area contributed by atoms with E-state index in [1.807, 2.05) is 12.1 Å². The first-order valence-corrected chi connectivity index (χ1v) is 6.77. The van der Waals surface area contributed by atoms with E-state index in [0.717, 1.165) is 18.4 Å². The van der Waals surface area contributed by atoms with Gasteiger partial charge in [0.25, 0.3) is 0 Å². The van der Waals surface area contributed by atoms with Crippen LogP contribution in [-0.4, -0.2) is 5.78 Å². The number of hydrogen-bond acceptors (Lipinski definition) is 1. The van der Waals surface area contributed by atoms with Crippen molar-refractivity contribution in [2.24, 2.45) is 11.8 Å². The van der Waals surface area contributed by atoms with E-state index in [1.165, 1.54) is 16.3 Å². The fourth-order valence-corrected chi connectivity index (χ4v) is 2.81. The minimum Gasteiger partial charge on any atom is -0.294 e. The molecule has 0 N–H and O–H groups in total. The molecule has 1 fully saturated rings. The molecule has 18 heavy (non-hydrogen) atoms. The molecule has 0 radical (unpaired) electrons. The number of ketones is 1. The molecule has 3 rings (SSSR count). The van der Waals surface area contributed by atoms with Gasteiger partial charge in [0.1, 0.15) is 0 Å². The van der Waals surface area contributed by atoms with Crippen molar-refractivity contribution in [2.75, 3.05) is 0 Å². The average Bonchev–Trinajstić information content (AvgIpc) is 3.13. The van der Waals surface area contributed by atoms with Gasteiger partial charge in [-0.3, -0.25) is 4.79 Å². The zero-order valence-corrected chi connectivity index (χ0v) is 10.9. The van der Waals surface area contributed by atoms with Gasteiger partial charge in [-0.25, -0.2) is 0 Å². The minimum absolute atomic E-state index is 0.264. The summed E-state index contributed by atoms with van der Waals surface area (Å²) in [5, 5.41) is 2.36. The highest BCUT2D eigenvalue weighted by Gasteiger charge is 2.39. The Kier molecular flexibility index (Phi) is 2.70. The quantitative estimate of drug-likeness (QED) is 0.731. The highest BCUT2D eigenvalue weighted by Crippen LogP contribution is 2.41. The van der Waals surface area contributed by atoms with Crippen LogP contribution in [0.5, 0.6) is 0 Å². The third-order valence-electron chi connectivity index (χ3n) is 4.08. The van der Waals surface area contributed by atoms with Crippen molar-refractivity contribution in [1.29, 1.82) is 0 Å². The fourth-order valence-electron chi connectivity index (χ4n) is 2.81. The van der Waals surface area contributed by atoms with Crippen LogP contribution in [0.1, 0.15) is 36.2 Å². The number of rotatable bonds is 3. The van der Waals surface area contributed by atoms with Crippen molar-refractivity contribution in [3.05, 3.63) is 47.5 Å². The topological polar surface area (TPSA) is 17.1 Å². The van der Waals surface area contributed by atoms with Crippen LogP contribution in [0.15, 0.2) is 36.4 Å². The predicted molar refractivity (Wildman–Crippen MR) is 74.9 cm³/mol. The second-order valence-electron chi connectivity index (χ2n) is 5.36. The van der Waals surface area contributed by atoms with Crippen LogP contribution >= 0.6 is 0 Å². The maximum atomic E-state index is 12.5. The molecule has 2 aromatic rings. The Morgan fingerprint density at radius 2 is 1.89 bits per heavy atom. The van der Waals surface area contributed by atoms with E-state index >= 15 is 0 Å². The van der Waals surface area contributed by atoms with Gasteiger partial charge >= 0.3 is 0 Å². The van der Waals surface area contributed by atoms with E-state index in [0.29, 0.717) is 11.7 Å². The van der Waals surface area contributed by atoms with Gasteiger partial charge in [0.15, 0.2) is 5.78 Å². The van der Waals surface area contributed by atoms with E-state index in [-0.39, 0.29) is 5.92 Å². The number of carbonyl (C=O) groups is 1. The maximum absolute atomic E-state index is 12.5. The molecule has 2 aromatic carbocycles. The van der Waals surface area contributed by atoms with Gasteiger partial charge in [0.05, 0.1) is 0 Å². The molecule has 1 heteroatoms. The fraction of sp³-hybridized carbons (Fsp3) is 0.353. The maximum Gasteiger partial charge on any atom is 0.166 e. The smallest absolute Gasteiger partial charge is 0.166 e.